The molecule has 2 rings (SSSR count). The summed E-state index contributed by atoms with van der Waals surface area (Å²) >= 11 is 12.1. The molecular formula is C12H12Cl2N2O. The van der Waals surface area contributed by atoms with E-state index in [9.17, 15) is 4.79 Å². The van der Waals surface area contributed by atoms with Crippen molar-refractivity contribution in [2.45, 2.75) is 19.8 Å². The summed E-state index contributed by atoms with van der Waals surface area (Å²) in [4.78, 5) is 17.5. The fourth-order valence-corrected chi connectivity index (χ4v) is 2.32. The molecule has 0 N–H and O–H groups in total. The normalized spacial score (nSPS) is 17.8. The molecule has 1 heterocycles. The van der Waals surface area contributed by atoms with Gasteiger partial charge in [-0.15, -0.1) is 0 Å². The molecule has 0 radical (unpaired) electrons. The van der Waals surface area contributed by atoms with E-state index in [-0.39, 0.29) is 5.91 Å². The first-order valence-electron chi connectivity index (χ1n) is 5.39. The number of amidine groups is 1. The van der Waals surface area contributed by atoms with Crippen LogP contribution in [-0.2, 0) is 4.79 Å². The lowest BCUT2D eigenvalue weighted by Gasteiger charge is -2.14. The first kappa shape index (κ1) is 12.4. The van der Waals surface area contributed by atoms with E-state index >= 15 is 0 Å². The maximum Gasteiger partial charge on any atom is 0.224 e. The van der Waals surface area contributed by atoms with Crippen molar-refractivity contribution in [2.24, 2.45) is 4.99 Å². The van der Waals surface area contributed by atoms with Crippen LogP contribution in [0.4, 0.5) is 5.69 Å². The monoisotopic (exact) mass is 270 g/mol. The first-order chi connectivity index (χ1) is 8.09. The summed E-state index contributed by atoms with van der Waals surface area (Å²) in [5.74, 6) is 0.747. The second kappa shape index (κ2) is 5.07. The lowest BCUT2D eigenvalue weighted by atomic mass is 10.3. The lowest BCUT2D eigenvalue weighted by Crippen LogP contribution is -2.29. The number of hydrogen-bond acceptors (Lipinski definition) is 2. The maximum absolute atomic E-state index is 11.4. The second-order valence-corrected chi connectivity index (χ2v) is 4.69. The Bertz CT molecular complexity index is 465. The number of halogens is 2. The molecule has 1 fully saturated rings. The quantitative estimate of drug-likeness (QED) is 0.767. The van der Waals surface area contributed by atoms with Crippen molar-refractivity contribution in [3.8, 4) is 0 Å². The predicted molar refractivity (Wildman–Crippen MR) is 70.2 cm³/mol. The van der Waals surface area contributed by atoms with E-state index in [0.717, 1.165) is 25.2 Å². The van der Waals surface area contributed by atoms with Gasteiger partial charge >= 0.3 is 0 Å². The van der Waals surface area contributed by atoms with Crippen molar-refractivity contribution < 1.29 is 4.79 Å². The zero-order chi connectivity index (χ0) is 12.4. The number of amides is 1. The Balaban J connectivity index is 2.39. The molecular weight excluding hydrogens is 259 g/mol. The highest BCUT2D eigenvalue weighted by Gasteiger charge is 2.22. The van der Waals surface area contributed by atoms with Gasteiger partial charge in [-0.2, -0.15) is 0 Å². The number of likely N-dealkylation sites (tertiary alicyclic amines) is 1. The Kier molecular flexibility index (Phi) is 3.69. The summed E-state index contributed by atoms with van der Waals surface area (Å²) in [5, 5.41) is 1.00. The molecule has 90 valence electrons. The second-order valence-electron chi connectivity index (χ2n) is 3.87. The molecule has 0 unspecified atom stereocenters. The van der Waals surface area contributed by atoms with Gasteiger partial charge < -0.3 is 4.90 Å². The zero-order valence-corrected chi connectivity index (χ0v) is 10.9. The Labute approximate surface area is 110 Å². The molecule has 0 aliphatic carbocycles. The highest BCUT2D eigenvalue weighted by molar-refractivity contribution is 6.38. The van der Waals surface area contributed by atoms with Crippen LogP contribution in [0.15, 0.2) is 23.2 Å². The van der Waals surface area contributed by atoms with Crippen LogP contribution in [0.5, 0.6) is 0 Å². The third-order valence-corrected chi connectivity index (χ3v) is 3.26. The van der Waals surface area contributed by atoms with E-state index in [0.29, 0.717) is 15.7 Å². The van der Waals surface area contributed by atoms with Crippen molar-refractivity contribution in [1.29, 1.82) is 0 Å². The number of carbonyl (C=O) groups is 1. The van der Waals surface area contributed by atoms with Crippen LogP contribution in [0.1, 0.15) is 19.8 Å². The largest absolute Gasteiger partial charge is 0.301 e. The molecule has 0 bridgehead atoms. The van der Waals surface area contributed by atoms with Gasteiger partial charge in [0, 0.05) is 19.9 Å². The fraction of sp³-hybridized carbons (Fsp3) is 0.333. The minimum Gasteiger partial charge on any atom is -0.301 e. The summed E-state index contributed by atoms with van der Waals surface area (Å²) in [6.07, 6.45) is 1.71. The van der Waals surface area contributed by atoms with E-state index in [1.54, 1.807) is 23.1 Å². The summed E-state index contributed by atoms with van der Waals surface area (Å²) < 4.78 is 0. The Morgan fingerprint density at radius 2 is 2.00 bits per heavy atom. The minimum atomic E-state index is 0.00410. The van der Waals surface area contributed by atoms with Crippen molar-refractivity contribution in [3.63, 3.8) is 0 Å². The van der Waals surface area contributed by atoms with Gasteiger partial charge in [-0.05, 0) is 18.6 Å². The van der Waals surface area contributed by atoms with Gasteiger partial charge in [0.15, 0.2) is 0 Å². The average molecular weight is 271 g/mol. The number of carbonyl (C=O) groups excluding carboxylic acids is 1. The van der Waals surface area contributed by atoms with Gasteiger partial charge in [0.05, 0.1) is 10.0 Å². The van der Waals surface area contributed by atoms with E-state index < -0.39 is 0 Å². The van der Waals surface area contributed by atoms with Crippen molar-refractivity contribution in [2.75, 3.05) is 6.54 Å². The molecule has 0 spiro atoms. The first-order valence-corrected chi connectivity index (χ1v) is 6.15. The van der Waals surface area contributed by atoms with Crippen LogP contribution in [0.2, 0.25) is 10.0 Å². The highest BCUT2D eigenvalue weighted by atomic mass is 35.5. The van der Waals surface area contributed by atoms with Crippen LogP contribution in [-0.4, -0.2) is 23.2 Å². The van der Waals surface area contributed by atoms with Gasteiger partial charge in [0.1, 0.15) is 11.5 Å². The molecule has 0 atom stereocenters. The van der Waals surface area contributed by atoms with Crippen LogP contribution in [0.25, 0.3) is 0 Å². The van der Waals surface area contributed by atoms with Gasteiger partial charge in [0.25, 0.3) is 0 Å². The van der Waals surface area contributed by atoms with E-state index in [1.165, 1.54) is 6.92 Å². The molecule has 1 aromatic rings. The number of para-hydroxylation sites is 1. The molecule has 17 heavy (non-hydrogen) atoms. The minimum absolute atomic E-state index is 0.00410. The van der Waals surface area contributed by atoms with Crippen molar-refractivity contribution in [3.05, 3.63) is 28.2 Å². The molecule has 1 amide bonds. The molecule has 0 aromatic heterocycles. The zero-order valence-electron chi connectivity index (χ0n) is 9.41. The third kappa shape index (κ3) is 2.61. The van der Waals surface area contributed by atoms with E-state index in [2.05, 4.69) is 4.99 Å². The van der Waals surface area contributed by atoms with Gasteiger partial charge in [-0.25, -0.2) is 4.99 Å². The average Bonchev–Trinajstić information content (AvgIpc) is 2.72. The van der Waals surface area contributed by atoms with E-state index in [4.69, 9.17) is 23.2 Å². The van der Waals surface area contributed by atoms with Gasteiger partial charge in [0.2, 0.25) is 5.91 Å². The molecule has 0 saturated carbocycles. The molecule has 1 aliphatic heterocycles. The van der Waals surface area contributed by atoms with Crippen molar-refractivity contribution >= 4 is 40.6 Å². The fourth-order valence-electron chi connectivity index (χ4n) is 1.84. The SMILES string of the molecule is CC(=O)N1CCCC1=Nc1c(Cl)cccc1Cl. The molecule has 3 nitrogen and oxygen atoms in total. The smallest absolute Gasteiger partial charge is 0.224 e. The van der Waals surface area contributed by atoms with Crippen LogP contribution in [0, 0.1) is 0 Å². The molecule has 1 aromatic carbocycles. The summed E-state index contributed by atoms with van der Waals surface area (Å²) in [7, 11) is 0. The number of nitrogens with zero attached hydrogens (tertiary/aromatic N) is 2. The number of benzene rings is 1. The standard InChI is InChI=1S/C12H12Cl2N2O/c1-8(17)16-7-3-6-11(16)15-12-9(13)4-2-5-10(12)14/h2,4-5H,3,6-7H2,1H3. The van der Waals surface area contributed by atoms with Crippen molar-refractivity contribution in [1.82, 2.24) is 4.90 Å². The van der Waals surface area contributed by atoms with E-state index in [1.807, 2.05) is 0 Å². The summed E-state index contributed by atoms with van der Waals surface area (Å²) in [6, 6.07) is 5.24. The number of rotatable bonds is 1. The predicted octanol–water partition coefficient (Wildman–Crippen LogP) is 3.67. The lowest BCUT2D eigenvalue weighted by molar-refractivity contribution is -0.124. The van der Waals surface area contributed by atoms with Crippen LogP contribution < -0.4 is 0 Å². The molecule has 5 heteroatoms. The topological polar surface area (TPSA) is 32.7 Å². The number of aliphatic imine (C=N–C) groups is 1. The van der Waals surface area contributed by atoms with Crippen LogP contribution >= 0.6 is 23.2 Å². The Morgan fingerprint density at radius 1 is 1.35 bits per heavy atom. The Hall–Kier alpha value is -1.06. The third-order valence-electron chi connectivity index (χ3n) is 2.65. The molecule has 1 aliphatic rings. The van der Waals surface area contributed by atoms with Gasteiger partial charge in [-0.1, -0.05) is 29.3 Å². The highest BCUT2D eigenvalue weighted by Crippen LogP contribution is 2.33. The number of hydrogen-bond donors (Lipinski definition) is 0. The summed E-state index contributed by atoms with van der Waals surface area (Å²) in [6.45, 7) is 2.26. The Morgan fingerprint density at radius 3 is 2.59 bits per heavy atom. The van der Waals surface area contributed by atoms with Crippen LogP contribution in [0.3, 0.4) is 0 Å². The molecule has 1 saturated heterocycles. The maximum atomic E-state index is 11.4. The van der Waals surface area contributed by atoms with Gasteiger partial charge in [-0.3, -0.25) is 4.79 Å². The summed E-state index contributed by atoms with van der Waals surface area (Å²) in [5.41, 5.74) is 0.541.